The van der Waals surface area contributed by atoms with E-state index in [-0.39, 0.29) is 6.15 Å². The molecule has 2 aromatic carbocycles. The van der Waals surface area contributed by atoms with Crippen LogP contribution in [-0.4, -0.2) is 11.3 Å². The van der Waals surface area contributed by atoms with Crippen LogP contribution in [0.5, 0.6) is 5.75 Å². The van der Waals surface area contributed by atoms with Crippen molar-refractivity contribution in [2.75, 3.05) is 0 Å². The van der Waals surface area contributed by atoms with Gasteiger partial charge >= 0.3 is 6.15 Å². The fraction of sp³-hybridized carbons (Fsp3) is 0.133. The molecule has 0 aromatic heterocycles. The molecule has 0 unspecified atom stereocenters. The van der Waals surface area contributed by atoms with Crippen molar-refractivity contribution >= 4 is 6.15 Å². The van der Waals surface area contributed by atoms with E-state index < -0.39 is 0 Å². The lowest BCUT2D eigenvalue weighted by Crippen LogP contribution is -1.83. The smallest absolute Gasteiger partial charge is 0.373 e. The summed E-state index contributed by atoms with van der Waals surface area (Å²) in [5, 5.41) is 9.65. The molecule has 0 aliphatic carbocycles. The summed E-state index contributed by atoms with van der Waals surface area (Å²) in [6, 6.07) is 14.0. The molecule has 0 saturated carbocycles. The van der Waals surface area contributed by atoms with Gasteiger partial charge in [0.05, 0.1) is 0 Å². The van der Waals surface area contributed by atoms with Crippen molar-refractivity contribution < 1.29 is 14.7 Å². The molecule has 0 heterocycles. The second-order valence-electron chi connectivity index (χ2n) is 3.90. The van der Waals surface area contributed by atoms with Crippen LogP contribution in [0.25, 0.3) is 11.1 Å². The number of aromatic hydroxyl groups is 1. The number of aryl methyl sites for hydroxylation is 2. The Morgan fingerprint density at radius 2 is 1.56 bits per heavy atom. The maximum atomic E-state index is 9.65. The number of rotatable bonds is 1. The minimum Gasteiger partial charge on any atom is -0.508 e. The van der Waals surface area contributed by atoms with Crippen LogP contribution in [0.1, 0.15) is 11.1 Å². The van der Waals surface area contributed by atoms with Crippen LogP contribution in [0.3, 0.4) is 0 Å². The van der Waals surface area contributed by atoms with Gasteiger partial charge in [-0.25, -0.2) is 0 Å². The van der Waals surface area contributed by atoms with Crippen molar-refractivity contribution in [2.24, 2.45) is 0 Å². The van der Waals surface area contributed by atoms with Crippen LogP contribution in [0.15, 0.2) is 42.5 Å². The van der Waals surface area contributed by atoms with Gasteiger partial charge in [-0.1, -0.05) is 36.4 Å². The van der Waals surface area contributed by atoms with E-state index in [1.807, 2.05) is 37.3 Å². The third-order valence-corrected chi connectivity index (χ3v) is 2.67. The summed E-state index contributed by atoms with van der Waals surface area (Å²) in [7, 11) is 0. The maximum Gasteiger partial charge on any atom is 0.373 e. The number of phenolic OH excluding ortho intramolecular Hbond substituents is 1. The van der Waals surface area contributed by atoms with E-state index in [0.717, 1.165) is 11.1 Å². The van der Waals surface area contributed by atoms with Gasteiger partial charge in [-0.2, -0.15) is 9.59 Å². The number of phenols is 1. The average Bonchev–Trinajstić information content (AvgIpc) is 2.34. The van der Waals surface area contributed by atoms with Gasteiger partial charge < -0.3 is 5.11 Å². The third kappa shape index (κ3) is 3.30. The van der Waals surface area contributed by atoms with Gasteiger partial charge in [-0.05, 0) is 42.2 Å². The number of carbonyl (C=O) groups excluding carboxylic acids is 2. The second-order valence-corrected chi connectivity index (χ2v) is 3.90. The predicted octanol–water partition coefficient (Wildman–Crippen LogP) is 3.09. The van der Waals surface area contributed by atoms with Gasteiger partial charge in [0.2, 0.25) is 0 Å². The molecule has 2 aromatic rings. The standard InChI is InChI=1S/C14H14O.CO2/c1-10-5-3-4-6-13(10)12-8-7-11(2)14(15)9-12;2-1-3/h3-9,15H,1-2H3;. The van der Waals surface area contributed by atoms with E-state index in [2.05, 4.69) is 19.1 Å². The van der Waals surface area contributed by atoms with E-state index >= 15 is 0 Å². The van der Waals surface area contributed by atoms with Gasteiger partial charge in [0.1, 0.15) is 5.75 Å². The zero-order chi connectivity index (χ0) is 13.5. The fourth-order valence-electron chi connectivity index (χ4n) is 1.67. The average molecular weight is 242 g/mol. The molecule has 18 heavy (non-hydrogen) atoms. The topological polar surface area (TPSA) is 54.4 Å². The molecular formula is C15H14O3. The van der Waals surface area contributed by atoms with E-state index in [4.69, 9.17) is 9.59 Å². The van der Waals surface area contributed by atoms with Crippen molar-refractivity contribution in [3.8, 4) is 16.9 Å². The number of benzene rings is 2. The summed E-state index contributed by atoms with van der Waals surface area (Å²) in [6.07, 6.45) is 0.250. The quantitative estimate of drug-likeness (QED) is 0.836. The molecule has 0 fully saturated rings. The lowest BCUT2D eigenvalue weighted by atomic mass is 9.99. The van der Waals surface area contributed by atoms with Crippen LogP contribution < -0.4 is 0 Å². The van der Waals surface area contributed by atoms with Gasteiger partial charge in [0.25, 0.3) is 0 Å². The minimum atomic E-state index is 0.250. The monoisotopic (exact) mass is 242 g/mol. The van der Waals surface area contributed by atoms with E-state index in [9.17, 15) is 5.11 Å². The lowest BCUT2D eigenvalue weighted by molar-refractivity contribution is -0.191. The van der Waals surface area contributed by atoms with Crippen LogP contribution >= 0.6 is 0 Å². The molecule has 0 aliphatic heterocycles. The molecule has 0 spiro atoms. The summed E-state index contributed by atoms with van der Waals surface area (Å²) in [6.45, 7) is 3.98. The highest BCUT2D eigenvalue weighted by Gasteiger charge is 2.03. The highest BCUT2D eigenvalue weighted by molar-refractivity contribution is 5.68. The lowest BCUT2D eigenvalue weighted by Gasteiger charge is -2.07. The van der Waals surface area contributed by atoms with Crippen molar-refractivity contribution in [3.63, 3.8) is 0 Å². The summed E-state index contributed by atoms with van der Waals surface area (Å²) < 4.78 is 0. The number of hydrogen-bond donors (Lipinski definition) is 1. The zero-order valence-corrected chi connectivity index (χ0v) is 10.3. The molecule has 0 radical (unpaired) electrons. The third-order valence-electron chi connectivity index (χ3n) is 2.67. The Bertz CT molecular complexity index is 568. The molecule has 3 heteroatoms. The van der Waals surface area contributed by atoms with Crippen LogP contribution in [-0.2, 0) is 9.59 Å². The summed E-state index contributed by atoms with van der Waals surface area (Å²) in [4.78, 5) is 16.2. The molecule has 0 bridgehead atoms. The highest BCUT2D eigenvalue weighted by atomic mass is 16.3. The van der Waals surface area contributed by atoms with Crippen molar-refractivity contribution in [3.05, 3.63) is 53.6 Å². The van der Waals surface area contributed by atoms with Crippen LogP contribution in [0, 0.1) is 13.8 Å². The first kappa shape index (κ1) is 13.7. The first-order valence-corrected chi connectivity index (χ1v) is 5.45. The second kappa shape index (κ2) is 6.38. The molecule has 0 amide bonds. The van der Waals surface area contributed by atoms with Gasteiger partial charge in [0.15, 0.2) is 0 Å². The van der Waals surface area contributed by atoms with E-state index in [1.165, 1.54) is 11.1 Å². The normalized spacial score (nSPS) is 9.00. The van der Waals surface area contributed by atoms with Gasteiger partial charge in [-0.3, -0.25) is 0 Å². The van der Waals surface area contributed by atoms with Gasteiger partial charge in [0, 0.05) is 0 Å². The Morgan fingerprint density at radius 3 is 2.11 bits per heavy atom. The van der Waals surface area contributed by atoms with Crippen LogP contribution in [0.4, 0.5) is 0 Å². The molecule has 0 aliphatic rings. The number of hydrogen-bond acceptors (Lipinski definition) is 3. The summed E-state index contributed by atoms with van der Waals surface area (Å²) in [5.74, 6) is 0.357. The predicted molar refractivity (Wildman–Crippen MR) is 68.0 cm³/mol. The molecular weight excluding hydrogens is 228 g/mol. The van der Waals surface area contributed by atoms with Crippen molar-refractivity contribution in [1.82, 2.24) is 0 Å². The molecule has 0 saturated heterocycles. The first-order valence-electron chi connectivity index (χ1n) is 5.45. The Hall–Kier alpha value is -2.38. The van der Waals surface area contributed by atoms with E-state index in [0.29, 0.717) is 5.75 Å². The Morgan fingerprint density at radius 1 is 0.944 bits per heavy atom. The molecule has 2 rings (SSSR count). The largest absolute Gasteiger partial charge is 0.508 e. The molecule has 0 atom stereocenters. The molecule has 1 N–H and O–H groups in total. The molecule has 3 nitrogen and oxygen atoms in total. The minimum absolute atomic E-state index is 0.250. The van der Waals surface area contributed by atoms with Crippen molar-refractivity contribution in [2.45, 2.75) is 13.8 Å². The summed E-state index contributed by atoms with van der Waals surface area (Å²) in [5.41, 5.74) is 4.37. The highest BCUT2D eigenvalue weighted by Crippen LogP contribution is 2.27. The van der Waals surface area contributed by atoms with E-state index in [1.54, 1.807) is 0 Å². The van der Waals surface area contributed by atoms with Crippen LogP contribution in [0.2, 0.25) is 0 Å². The first-order chi connectivity index (χ1) is 8.60. The summed E-state index contributed by atoms with van der Waals surface area (Å²) >= 11 is 0. The Labute approximate surface area is 106 Å². The fourth-order valence-corrected chi connectivity index (χ4v) is 1.67. The SMILES string of the molecule is Cc1ccc(-c2ccccc2C)cc1O.O=C=O. The zero-order valence-electron chi connectivity index (χ0n) is 10.3. The Kier molecular flexibility index (Phi) is 4.85. The Balaban J connectivity index is 0.000000492. The van der Waals surface area contributed by atoms with Gasteiger partial charge in [-0.15, -0.1) is 0 Å². The molecule has 92 valence electrons. The van der Waals surface area contributed by atoms with Crippen molar-refractivity contribution in [1.29, 1.82) is 0 Å². The maximum absolute atomic E-state index is 9.65.